The number of carbonyl (C=O) groups excluding carboxylic acids is 1. The Kier molecular flexibility index (Phi) is 8.05. The highest BCUT2D eigenvalue weighted by Gasteiger charge is 2.12. The van der Waals surface area contributed by atoms with Crippen molar-refractivity contribution in [3.05, 3.63) is 77.9 Å². The van der Waals surface area contributed by atoms with Gasteiger partial charge in [-0.2, -0.15) is 0 Å². The van der Waals surface area contributed by atoms with Crippen LogP contribution in [0.4, 0.5) is 0 Å². The summed E-state index contributed by atoms with van der Waals surface area (Å²) >= 11 is 0. The van der Waals surface area contributed by atoms with Crippen LogP contribution < -0.4 is 4.74 Å². The van der Waals surface area contributed by atoms with Crippen LogP contribution in [0.1, 0.15) is 40.7 Å². The highest BCUT2D eigenvalue weighted by molar-refractivity contribution is 6.76. The summed E-state index contributed by atoms with van der Waals surface area (Å²) in [7, 11) is -0.927. The number of benzene rings is 2. The average Bonchev–Trinajstić information content (AvgIpc) is 2.64. The Morgan fingerprint density at radius 3 is 2.11 bits per heavy atom. The Bertz CT molecular complexity index is 724. The van der Waals surface area contributed by atoms with E-state index in [4.69, 9.17) is 4.74 Å². The van der Waals surface area contributed by atoms with Crippen LogP contribution in [-0.2, 0) is 12.8 Å². The number of ether oxygens (including phenoxy) is 1. The molecule has 0 saturated carbocycles. The lowest BCUT2D eigenvalue weighted by Gasteiger charge is -2.15. The van der Waals surface area contributed by atoms with Gasteiger partial charge in [-0.3, -0.25) is 0 Å². The zero-order valence-electron chi connectivity index (χ0n) is 17.0. The van der Waals surface area contributed by atoms with Crippen LogP contribution in [0.5, 0.6) is 5.75 Å². The number of carbonyl (C=O) groups is 1. The summed E-state index contributed by atoms with van der Waals surface area (Å²) < 4.78 is 5.50. The molecule has 0 N–H and O–H groups in total. The lowest BCUT2D eigenvalue weighted by Crippen LogP contribution is -2.18. The van der Waals surface area contributed by atoms with E-state index in [0.29, 0.717) is 11.3 Å². The quantitative estimate of drug-likeness (QED) is 0.151. The fourth-order valence-corrected chi connectivity index (χ4v) is 4.26. The summed E-state index contributed by atoms with van der Waals surface area (Å²) in [5.74, 6) is 0.287. The van der Waals surface area contributed by atoms with Crippen molar-refractivity contribution in [2.45, 2.75) is 57.8 Å². The Balaban J connectivity index is 1.82. The van der Waals surface area contributed by atoms with Crippen molar-refractivity contribution < 1.29 is 9.53 Å². The summed E-state index contributed by atoms with van der Waals surface area (Å²) in [6.45, 7) is 11.0. The number of hydrogen-bond donors (Lipinski definition) is 0. The first-order chi connectivity index (χ1) is 12.9. The zero-order chi connectivity index (χ0) is 19.7. The molecule has 2 aromatic carbocycles. The summed E-state index contributed by atoms with van der Waals surface area (Å²) in [6, 6.07) is 16.9. The number of allylic oxidation sites excluding steroid dienone is 1. The molecule has 0 bridgehead atoms. The van der Waals surface area contributed by atoms with Gasteiger partial charge in [0.2, 0.25) is 0 Å². The predicted molar refractivity (Wildman–Crippen MR) is 117 cm³/mol. The Morgan fingerprint density at radius 1 is 0.926 bits per heavy atom. The van der Waals surface area contributed by atoms with Gasteiger partial charge in [-0.25, -0.2) is 4.79 Å². The molecule has 0 saturated heterocycles. The molecule has 144 valence electrons. The van der Waals surface area contributed by atoms with Gasteiger partial charge in [0.1, 0.15) is 5.75 Å². The van der Waals surface area contributed by atoms with Gasteiger partial charge in [-0.15, -0.1) is 6.58 Å². The SMILES string of the molecule is C=CCCc1ccc(C(=O)Oc2ccc(CCCC[Si](C)(C)C)cc2)cc1. The second kappa shape index (κ2) is 10.3. The minimum Gasteiger partial charge on any atom is -0.423 e. The van der Waals surface area contributed by atoms with E-state index in [1.54, 1.807) is 0 Å². The first-order valence-corrected chi connectivity index (χ1v) is 13.6. The summed E-state index contributed by atoms with van der Waals surface area (Å²) in [5, 5.41) is 0. The first kappa shape index (κ1) is 21.2. The lowest BCUT2D eigenvalue weighted by molar-refractivity contribution is 0.0734. The third-order valence-corrected chi connectivity index (χ3v) is 6.46. The van der Waals surface area contributed by atoms with Crippen molar-refractivity contribution in [2.24, 2.45) is 0 Å². The maximum atomic E-state index is 12.3. The number of rotatable bonds is 10. The summed E-state index contributed by atoms with van der Waals surface area (Å²) in [6.07, 6.45) is 7.40. The second-order valence-corrected chi connectivity index (χ2v) is 13.9. The summed E-state index contributed by atoms with van der Waals surface area (Å²) in [5.41, 5.74) is 3.08. The van der Waals surface area contributed by atoms with Gasteiger partial charge in [0.15, 0.2) is 0 Å². The highest BCUT2D eigenvalue weighted by Crippen LogP contribution is 2.18. The van der Waals surface area contributed by atoms with Gasteiger partial charge in [0, 0.05) is 8.07 Å². The largest absolute Gasteiger partial charge is 0.423 e. The zero-order valence-corrected chi connectivity index (χ0v) is 18.0. The molecular formula is C24H32O2Si. The molecule has 0 fully saturated rings. The van der Waals surface area contributed by atoms with Crippen LogP contribution in [0.25, 0.3) is 0 Å². The molecule has 0 aromatic heterocycles. The van der Waals surface area contributed by atoms with Crippen molar-refractivity contribution in [3.8, 4) is 5.75 Å². The number of aryl methyl sites for hydroxylation is 2. The van der Waals surface area contributed by atoms with Crippen LogP contribution >= 0.6 is 0 Å². The highest BCUT2D eigenvalue weighted by atomic mass is 28.3. The summed E-state index contributed by atoms with van der Waals surface area (Å²) in [4.78, 5) is 12.3. The maximum Gasteiger partial charge on any atom is 0.343 e. The Morgan fingerprint density at radius 2 is 1.52 bits per heavy atom. The number of unbranched alkanes of at least 4 members (excludes halogenated alkanes) is 1. The van der Waals surface area contributed by atoms with Crippen LogP contribution in [-0.4, -0.2) is 14.0 Å². The van der Waals surface area contributed by atoms with Crippen LogP contribution in [0.2, 0.25) is 25.7 Å². The Labute approximate surface area is 165 Å². The Hall–Kier alpha value is -2.13. The normalized spacial score (nSPS) is 11.2. The van der Waals surface area contributed by atoms with Crippen molar-refractivity contribution >= 4 is 14.0 Å². The van der Waals surface area contributed by atoms with E-state index in [1.807, 2.05) is 42.5 Å². The van der Waals surface area contributed by atoms with E-state index in [1.165, 1.54) is 30.0 Å². The van der Waals surface area contributed by atoms with Crippen molar-refractivity contribution in [1.82, 2.24) is 0 Å². The molecule has 0 heterocycles. The van der Waals surface area contributed by atoms with Gasteiger partial charge in [0.05, 0.1) is 5.56 Å². The molecule has 0 aliphatic rings. The van der Waals surface area contributed by atoms with Crippen molar-refractivity contribution in [2.75, 3.05) is 0 Å². The van der Waals surface area contributed by atoms with E-state index in [9.17, 15) is 4.79 Å². The third kappa shape index (κ3) is 7.96. The fraction of sp³-hybridized carbons (Fsp3) is 0.375. The van der Waals surface area contributed by atoms with Gasteiger partial charge < -0.3 is 4.74 Å². The number of esters is 1. The van der Waals surface area contributed by atoms with Crippen molar-refractivity contribution in [1.29, 1.82) is 0 Å². The number of hydrogen-bond acceptors (Lipinski definition) is 2. The van der Waals surface area contributed by atoms with Crippen LogP contribution in [0.3, 0.4) is 0 Å². The molecule has 2 aromatic rings. The molecule has 0 unspecified atom stereocenters. The third-order valence-electron chi connectivity index (χ3n) is 4.60. The van der Waals surface area contributed by atoms with E-state index in [-0.39, 0.29) is 5.97 Å². The monoisotopic (exact) mass is 380 g/mol. The molecule has 0 radical (unpaired) electrons. The molecule has 27 heavy (non-hydrogen) atoms. The second-order valence-electron chi connectivity index (χ2n) is 8.33. The minimum absolute atomic E-state index is 0.312. The molecule has 0 spiro atoms. The van der Waals surface area contributed by atoms with Crippen LogP contribution in [0, 0.1) is 0 Å². The van der Waals surface area contributed by atoms with E-state index in [2.05, 4.69) is 38.4 Å². The maximum absolute atomic E-state index is 12.3. The van der Waals surface area contributed by atoms with Gasteiger partial charge >= 0.3 is 5.97 Å². The molecule has 3 heteroatoms. The predicted octanol–water partition coefficient (Wildman–Crippen LogP) is 6.69. The fourth-order valence-electron chi connectivity index (χ4n) is 2.95. The first-order valence-electron chi connectivity index (χ1n) is 9.88. The molecular weight excluding hydrogens is 348 g/mol. The molecule has 2 nitrogen and oxygen atoms in total. The standard InChI is InChI=1S/C24H32O2Si/c1-5-6-9-20-11-15-22(16-12-20)24(25)26-23-17-13-21(14-18-23)10-7-8-19-27(2,3)4/h5,11-18H,1,6-10,19H2,2-4H3. The van der Waals surface area contributed by atoms with Gasteiger partial charge in [-0.1, -0.05) is 62.4 Å². The van der Waals surface area contributed by atoms with E-state index in [0.717, 1.165) is 19.3 Å². The molecule has 0 aliphatic carbocycles. The average molecular weight is 381 g/mol. The smallest absolute Gasteiger partial charge is 0.343 e. The van der Waals surface area contributed by atoms with Gasteiger partial charge in [0.25, 0.3) is 0 Å². The van der Waals surface area contributed by atoms with Crippen molar-refractivity contribution in [3.63, 3.8) is 0 Å². The molecule has 2 rings (SSSR count). The lowest BCUT2D eigenvalue weighted by atomic mass is 10.1. The van der Waals surface area contributed by atoms with E-state index < -0.39 is 8.07 Å². The van der Waals surface area contributed by atoms with Crippen LogP contribution in [0.15, 0.2) is 61.2 Å². The molecule has 0 amide bonds. The topological polar surface area (TPSA) is 26.3 Å². The van der Waals surface area contributed by atoms with Gasteiger partial charge in [-0.05, 0) is 61.1 Å². The molecule has 0 aliphatic heterocycles. The molecule has 0 atom stereocenters. The van der Waals surface area contributed by atoms with E-state index >= 15 is 0 Å². The minimum atomic E-state index is -0.927.